The number of benzene rings is 1. The highest BCUT2D eigenvalue weighted by atomic mass is 16.1. The van der Waals surface area contributed by atoms with E-state index in [1.807, 2.05) is 38.1 Å². The van der Waals surface area contributed by atoms with E-state index in [0.29, 0.717) is 12.2 Å². The Balaban J connectivity index is 2.40. The molecule has 0 bridgehead atoms. The van der Waals surface area contributed by atoms with E-state index in [0.717, 1.165) is 11.1 Å². The molecule has 2 aromatic rings. The minimum Gasteiger partial charge on any atom is -0.322 e. The van der Waals surface area contributed by atoms with Gasteiger partial charge in [-0.15, -0.1) is 10.2 Å². The average Bonchev–Trinajstić information content (AvgIpc) is 2.38. The largest absolute Gasteiger partial charge is 0.322 e. The van der Waals surface area contributed by atoms with E-state index in [1.54, 1.807) is 0 Å². The zero-order chi connectivity index (χ0) is 13.1. The summed E-state index contributed by atoms with van der Waals surface area (Å²) < 4.78 is 0. The first-order valence-corrected chi connectivity index (χ1v) is 5.91. The van der Waals surface area contributed by atoms with Crippen molar-refractivity contribution >= 4 is 0 Å². The highest BCUT2D eigenvalue weighted by molar-refractivity contribution is 5.54. The predicted molar refractivity (Wildman–Crippen MR) is 70.0 cm³/mol. The van der Waals surface area contributed by atoms with Crippen molar-refractivity contribution in [2.24, 2.45) is 5.73 Å². The fourth-order valence-corrected chi connectivity index (χ4v) is 1.62. The number of aryl methyl sites for hydroxylation is 1. The van der Waals surface area contributed by atoms with Gasteiger partial charge in [0.15, 0.2) is 5.82 Å². The van der Waals surface area contributed by atoms with Crippen LogP contribution in [-0.2, 0) is 0 Å². The van der Waals surface area contributed by atoms with Crippen molar-refractivity contribution in [2.75, 3.05) is 0 Å². The third kappa shape index (κ3) is 2.46. The third-order valence-electron chi connectivity index (χ3n) is 2.84. The maximum absolute atomic E-state index is 11.8. The van der Waals surface area contributed by atoms with Gasteiger partial charge in [-0.25, -0.2) is 0 Å². The molecule has 0 aliphatic carbocycles. The lowest BCUT2D eigenvalue weighted by Crippen LogP contribution is -2.24. The van der Waals surface area contributed by atoms with E-state index in [4.69, 9.17) is 5.73 Å². The van der Waals surface area contributed by atoms with Crippen molar-refractivity contribution in [3.63, 3.8) is 0 Å². The molecule has 0 spiro atoms. The molecule has 1 aromatic carbocycles. The van der Waals surface area contributed by atoms with Gasteiger partial charge in [-0.3, -0.25) is 4.79 Å². The Bertz CT molecular complexity index is 589. The number of nitrogens with two attached hydrogens (primary N) is 1. The van der Waals surface area contributed by atoms with Crippen LogP contribution < -0.4 is 11.3 Å². The van der Waals surface area contributed by atoms with Crippen LogP contribution >= 0.6 is 0 Å². The Hall–Kier alpha value is -2.01. The summed E-state index contributed by atoms with van der Waals surface area (Å²) in [6.45, 7) is 3.90. The van der Waals surface area contributed by atoms with E-state index >= 15 is 0 Å². The summed E-state index contributed by atoms with van der Waals surface area (Å²) in [5, 5.41) is 7.95. The monoisotopic (exact) mass is 244 g/mol. The predicted octanol–water partition coefficient (Wildman–Crippen LogP) is 1.55. The molecule has 0 saturated carbocycles. The van der Waals surface area contributed by atoms with Crippen LogP contribution in [0.5, 0.6) is 0 Å². The zero-order valence-corrected chi connectivity index (χ0v) is 10.5. The number of hydrogen-bond acceptors (Lipinski definition) is 4. The van der Waals surface area contributed by atoms with Gasteiger partial charge < -0.3 is 10.7 Å². The maximum atomic E-state index is 11.8. The van der Waals surface area contributed by atoms with Gasteiger partial charge in [0, 0.05) is 5.56 Å². The fraction of sp³-hybridized carbons (Fsp3) is 0.308. The van der Waals surface area contributed by atoms with Gasteiger partial charge in [0.1, 0.15) is 5.69 Å². The van der Waals surface area contributed by atoms with E-state index < -0.39 is 0 Å². The van der Waals surface area contributed by atoms with Crippen LogP contribution in [-0.4, -0.2) is 15.2 Å². The minimum atomic E-state index is -0.367. The summed E-state index contributed by atoms with van der Waals surface area (Å²) in [5.74, 6) is 0.465. The Morgan fingerprint density at radius 2 is 1.94 bits per heavy atom. The molecule has 0 saturated heterocycles. The Labute approximate surface area is 105 Å². The molecule has 1 heterocycles. The van der Waals surface area contributed by atoms with E-state index in [-0.39, 0.29) is 17.3 Å². The molecule has 18 heavy (non-hydrogen) atoms. The van der Waals surface area contributed by atoms with Crippen molar-refractivity contribution in [3.05, 3.63) is 45.9 Å². The molecule has 0 aliphatic heterocycles. The molecule has 94 valence electrons. The standard InChI is InChI=1S/C13H16N4O/c1-3-10(14)11-13(18)15-12(17-16-11)9-6-4-8(2)5-7-9/h4-7,10H,3,14H2,1-2H3,(H,15,17,18). The summed E-state index contributed by atoms with van der Waals surface area (Å²) in [4.78, 5) is 14.6. The molecule has 3 N–H and O–H groups in total. The van der Waals surface area contributed by atoms with E-state index in [1.165, 1.54) is 0 Å². The first-order chi connectivity index (χ1) is 8.61. The van der Waals surface area contributed by atoms with Gasteiger partial charge in [0.2, 0.25) is 0 Å². The number of hydrogen-bond donors (Lipinski definition) is 2. The smallest absolute Gasteiger partial charge is 0.274 e. The first kappa shape index (κ1) is 12.4. The van der Waals surface area contributed by atoms with Gasteiger partial charge in [0.05, 0.1) is 6.04 Å². The minimum absolute atomic E-state index is 0.269. The second kappa shape index (κ2) is 5.10. The molecule has 2 rings (SSSR count). The highest BCUT2D eigenvalue weighted by Gasteiger charge is 2.12. The number of nitrogens with one attached hydrogen (secondary N) is 1. The van der Waals surface area contributed by atoms with Crippen LogP contribution in [0.25, 0.3) is 11.4 Å². The van der Waals surface area contributed by atoms with E-state index in [2.05, 4.69) is 15.2 Å². The molecule has 0 amide bonds. The van der Waals surface area contributed by atoms with Crippen molar-refractivity contribution in [1.82, 2.24) is 15.2 Å². The molecule has 0 fully saturated rings. The summed E-state index contributed by atoms with van der Waals surface area (Å²) in [6.07, 6.45) is 0.654. The molecule has 0 radical (unpaired) electrons. The second-order valence-electron chi connectivity index (χ2n) is 4.27. The van der Waals surface area contributed by atoms with Crippen molar-refractivity contribution in [3.8, 4) is 11.4 Å². The quantitative estimate of drug-likeness (QED) is 0.857. The van der Waals surface area contributed by atoms with E-state index in [9.17, 15) is 4.79 Å². The lowest BCUT2D eigenvalue weighted by molar-refractivity contribution is 0.645. The van der Waals surface area contributed by atoms with Crippen LogP contribution in [0.3, 0.4) is 0 Å². The van der Waals surface area contributed by atoms with Gasteiger partial charge in [-0.05, 0) is 13.3 Å². The number of H-pyrrole nitrogens is 1. The highest BCUT2D eigenvalue weighted by Crippen LogP contribution is 2.14. The Morgan fingerprint density at radius 1 is 1.28 bits per heavy atom. The average molecular weight is 244 g/mol. The number of aromatic nitrogens is 3. The normalized spacial score (nSPS) is 12.4. The van der Waals surface area contributed by atoms with Crippen molar-refractivity contribution < 1.29 is 0 Å². The van der Waals surface area contributed by atoms with Crippen LogP contribution in [0.15, 0.2) is 29.1 Å². The van der Waals surface area contributed by atoms with Crippen LogP contribution in [0.2, 0.25) is 0 Å². The molecular formula is C13H16N4O. The third-order valence-corrected chi connectivity index (χ3v) is 2.84. The van der Waals surface area contributed by atoms with Crippen LogP contribution in [0.1, 0.15) is 30.6 Å². The molecule has 1 aromatic heterocycles. The maximum Gasteiger partial charge on any atom is 0.274 e. The number of nitrogens with zero attached hydrogens (tertiary/aromatic N) is 2. The SMILES string of the molecule is CCC(N)c1nnc(-c2ccc(C)cc2)[nH]c1=O. The molecular weight excluding hydrogens is 228 g/mol. The Morgan fingerprint density at radius 3 is 2.50 bits per heavy atom. The lowest BCUT2D eigenvalue weighted by atomic mass is 10.1. The zero-order valence-electron chi connectivity index (χ0n) is 10.5. The molecule has 5 nitrogen and oxygen atoms in total. The summed E-state index contributed by atoms with van der Waals surface area (Å²) in [7, 11) is 0. The fourth-order valence-electron chi connectivity index (χ4n) is 1.62. The molecule has 1 atom stereocenters. The van der Waals surface area contributed by atoms with Crippen LogP contribution in [0, 0.1) is 6.92 Å². The summed E-state index contributed by atoms with van der Waals surface area (Å²) in [5.41, 5.74) is 7.78. The van der Waals surface area contributed by atoms with Gasteiger partial charge in [-0.1, -0.05) is 36.8 Å². The topological polar surface area (TPSA) is 84.7 Å². The number of aromatic amines is 1. The molecule has 0 aliphatic rings. The van der Waals surface area contributed by atoms with Crippen molar-refractivity contribution in [2.45, 2.75) is 26.3 Å². The second-order valence-corrected chi connectivity index (χ2v) is 4.27. The van der Waals surface area contributed by atoms with Gasteiger partial charge >= 0.3 is 0 Å². The number of rotatable bonds is 3. The first-order valence-electron chi connectivity index (χ1n) is 5.91. The molecule has 1 unspecified atom stereocenters. The van der Waals surface area contributed by atoms with Crippen molar-refractivity contribution in [1.29, 1.82) is 0 Å². The van der Waals surface area contributed by atoms with Gasteiger partial charge in [-0.2, -0.15) is 0 Å². The lowest BCUT2D eigenvalue weighted by Gasteiger charge is -2.07. The summed E-state index contributed by atoms with van der Waals surface area (Å²) in [6, 6.07) is 7.35. The summed E-state index contributed by atoms with van der Waals surface area (Å²) >= 11 is 0. The van der Waals surface area contributed by atoms with Crippen LogP contribution in [0.4, 0.5) is 0 Å². The Kier molecular flexibility index (Phi) is 3.53. The molecule has 5 heteroatoms. The van der Waals surface area contributed by atoms with Gasteiger partial charge in [0.25, 0.3) is 5.56 Å².